The molecule has 7 nitrogen and oxygen atoms in total. The van der Waals surface area contributed by atoms with Gasteiger partial charge >= 0.3 is 0 Å². The summed E-state index contributed by atoms with van der Waals surface area (Å²) in [6, 6.07) is 0. The number of aliphatic imine (C=N–C) groups is 2. The number of rotatable bonds is 7. The molecule has 0 unspecified atom stereocenters. The van der Waals surface area contributed by atoms with Gasteiger partial charge in [-0.15, -0.1) is 0 Å². The van der Waals surface area contributed by atoms with E-state index in [1.165, 1.54) is 6.20 Å². The van der Waals surface area contributed by atoms with Crippen molar-refractivity contribution in [1.82, 2.24) is 20.3 Å². The predicted molar refractivity (Wildman–Crippen MR) is 133 cm³/mol. The van der Waals surface area contributed by atoms with Crippen LogP contribution in [0.1, 0.15) is 26.5 Å². The summed E-state index contributed by atoms with van der Waals surface area (Å²) < 4.78 is 0. The van der Waals surface area contributed by atoms with Crippen molar-refractivity contribution in [2.75, 3.05) is 13.6 Å². The zero-order chi connectivity index (χ0) is 22.2. The molecule has 0 amide bonds. The van der Waals surface area contributed by atoms with Gasteiger partial charge in [-0.3, -0.25) is 9.98 Å². The minimum Gasteiger partial charge on any atom is -0.404 e. The summed E-state index contributed by atoms with van der Waals surface area (Å²) in [6.45, 7) is 8.64. The van der Waals surface area contributed by atoms with Gasteiger partial charge in [-0.1, -0.05) is 18.7 Å². The van der Waals surface area contributed by atoms with Crippen molar-refractivity contribution in [1.29, 1.82) is 0 Å². The number of aromatic amines is 1. The Morgan fingerprint density at radius 1 is 1.32 bits per heavy atom. The average molecular weight is 416 g/mol. The fourth-order valence-corrected chi connectivity index (χ4v) is 3.39. The number of hydrogen-bond donors (Lipinski definition) is 3. The second-order valence-electron chi connectivity index (χ2n) is 6.64. The van der Waals surface area contributed by atoms with Crippen molar-refractivity contribution in [2.45, 2.75) is 13.8 Å². The maximum absolute atomic E-state index is 5.81. The number of nitrogens with zero attached hydrogens (tertiary/aromatic N) is 4. The summed E-state index contributed by atoms with van der Waals surface area (Å²) in [6.07, 6.45) is 18.3. The van der Waals surface area contributed by atoms with Crippen LogP contribution in [-0.2, 0) is 0 Å². The van der Waals surface area contributed by atoms with Crippen molar-refractivity contribution in [2.24, 2.45) is 15.7 Å². The van der Waals surface area contributed by atoms with Gasteiger partial charge in [-0.05, 0) is 31.6 Å². The van der Waals surface area contributed by atoms with Crippen LogP contribution >= 0.6 is 0 Å². The molecule has 31 heavy (non-hydrogen) atoms. The molecule has 3 heterocycles. The van der Waals surface area contributed by atoms with Crippen molar-refractivity contribution >= 4 is 34.6 Å². The third-order valence-electron chi connectivity index (χ3n) is 4.83. The van der Waals surface area contributed by atoms with E-state index in [2.05, 4.69) is 42.9 Å². The van der Waals surface area contributed by atoms with E-state index in [4.69, 9.17) is 5.73 Å². The monoisotopic (exact) mass is 415 g/mol. The summed E-state index contributed by atoms with van der Waals surface area (Å²) in [5, 5.41) is 4.22. The summed E-state index contributed by atoms with van der Waals surface area (Å²) in [5.74, 6) is 0. The maximum Gasteiger partial charge on any atom is 0.141 e. The van der Waals surface area contributed by atoms with Gasteiger partial charge in [0, 0.05) is 74.0 Å². The fraction of sp³-hybridized carbons (Fsp3) is 0.167. The lowest BCUT2D eigenvalue weighted by molar-refractivity contribution is 1.08. The zero-order valence-corrected chi connectivity index (χ0v) is 18.1. The molecule has 0 aliphatic carbocycles. The first-order chi connectivity index (χ1) is 15.2. The Kier molecular flexibility index (Phi) is 7.11. The minimum atomic E-state index is 0. The molecule has 0 saturated heterocycles. The van der Waals surface area contributed by atoms with Gasteiger partial charge in [0.15, 0.2) is 0 Å². The van der Waals surface area contributed by atoms with Crippen LogP contribution in [0.2, 0.25) is 0 Å². The van der Waals surface area contributed by atoms with E-state index >= 15 is 0 Å². The normalized spacial score (nSPS) is 16.8. The van der Waals surface area contributed by atoms with Gasteiger partial charge in [-0.2, -0.15) is 0 Å². The Labute approximate surface area is 183 Å². The van der Waals surface area contributed by atoms with Crippen LogP contribution in [0.15, 0.2) is 82.6 Å². The van der Waals surface area contributed by atoms with E-state index in [-0.39, 0.29) is 1.43 Å². The van der Waals surface area contributed by atoms with Gasteiger partial charge in [0.1, 0.15) is 12.0 Å². The second-order valence-corrected chi connectivity index (χ2v) is 6.64. The van der Waals surface area contributed by atoms with E-state index in [9.17, 15) is 0 Å². The summed E-state index contributed by atoms with van der Waals surface area (Å²) in [5.41, 5.74) is 12.9. The number of nitrogens with two attached hydrogens (primary N) is 1. The largest absolute Gasteiger partial charge is 0.404 e. The van der Waals surface area contributed by atoms with Crippen molar-refractivity contribution in [3.63, 3.8) is 0 Å². The molecular weight excluding hydrogens is 386 g/mol. The molecule has 4 N–H and O–H groups in total. The number of dihydropyridines is 1. The van der Waals surface area contributed by atoms with Crippen LogP contribution in [0, 0.1) is 0 Å². The zero-order valence-electron chi connectivity index (χ0n) is 18.1. The topological polar surface area (TPSA) is 104 Å². The molecule has 0 atom stereocenters. The van der Waals surface area contributed by atoms with Crippen molar-refractivity contribution < 1.29 is 1.43 Å². The Morgan fingerprint density at radius 2 is 2.16 bits per heavy atom. The van der Waals surface area contributed by atoms with Gasteiger partial charge in [-0.25, -0.2) is 9.97 Å². The fourth-order valence-electron chi connectivity index (χ4n) is 3.39. The number of fused-ring (bicyclic) bond motifs is 1. The molecule has 0 saturated carbocycles. The van der Waals surface area contributed by atoms with E-state index in [0.717, 1.165) is 50.3 Å². The van der Waals surface area contributed by atoms with Crippen LogP contribution in [0.5, 0.6) is 0 Å². The first-order valence-electron chi connectivity index (χ1n) is 10.0. The lowest BCUT2D eigenvalue weighted by atomic mass is 9.97. The SMILES string of the molecule is C=CC(/C(C=NC)=C/N)=C1/C=C(c2c[nH]c3ncnc(/C(C=NCC)=C/C)c23)C=CN1.[HH]. The highest BCUT2D eigenvalue weighted by molar-refractivity contribution is 6.15. The Balaban J connectivity index is 0.00000363. The first kappa shape index (κ1) is 21.7. The van der Waals surface area contributed by atoms with E-state index in [1.807, 2.05) is 44.6 Å². The van der Waals surface area contributed by atoms with Gasteiger partial charge in [0.25, 0.3) is 0 Å². The summed E-state index contributed by atoms with van der Waals surface area (Å²) in [4.78, 5) is 20.7. The Morgan fingerprint density at radius 3 is 2.84 bits per heavy atom. The molecule has 7 heteroatoms. The van der Waals surface area contributed by atoms with E-state index < -0.39 is 0 Å². The Bertz CT molecular complexity index is 1190. The lowest BCUT2D eigenvalue weighted by Gasteiger charge is -2.16. The third-order valence-corrected chi connectivity index (χ3v) is 4.83. The number of H-pyrrole nitrogens is 1. The minimum absolute atomic E-state index is 0. The van der Waals surface area contributed by atoms with Crippen LogP contribution in [0.25, 0.3) is 22.2 Å². The predicted octanol–water partition coefficient (Wildman–Crippen LogP) is 4.18. The first-order valence-corrected chi connectivity index (χ1v) is 10.0. The Hall–Kier alpha value is -4.00. The molecule has 2 aromatic rings. The van der Waals surface area contributed by atoms with Gasteiger partial charge < -0.3 is 16.0 Å². The molecule has 1 aliphatic heterocycles. The molecule has 0 fully saturated rings. The molecule has 0 bridgehead atoms. The third kappa shape index (κ3) is 4.45. The molecular formula is C24H29N7. The quantitative estimate of drug-likeness (QED) is 0.590. The molecule has 0 radical (unpaired) electrons. The molecule has 1 aliphatic rings. The average Bonchev–Trinajstić information content (AvgIpc) is 3.24. The van der Waals surface area contributed by atoms with Crippen LogP contribution in [-0.4, -0.2) is 41.0 Å². The van der Waals surface area contributed by atoms with E-state index in [0.29, 0.717) is 6.54 Å². The highest BCUT2D eigenvalue weighted by Crippen LogP contribution is 2.32. The molecule has 0 spiro atoms. The highest BCUT2D eigenvalue weighted by atomic mass is 14.9. The maximum atomic E-state index is 5.81. The standard InChI is InChI=1S/C24H27N7.H2/c1-5-16(13-27-7-3)23-22-20(14-29-24(22)31-15-30-23)17-8-9-28-21(10-17)19(6-2)18(11-25)12-26-4;/h5-6,8-15,28H,2,7,25H2,1,3-4H3,(H,29,30,31);1H/b16-5+,18-11+,21-19+,26-12?,27-13?;. The number of allylic oxidation sites excluding steroid dienone is 8. The van der Waals surface area contributed by atoms with Gasteiger partial charge in [0.05, 0.1) is 11.1 Å². The smallest absolute Gasteiger partial charge is 0.141 e. The molecule has 0 aromatic carbocycles. The van der Waals surface area contributed by atoms with E-state index in [1.54, 1.807) is 25.7 Å². The summed E-state index contributed by atoms with van der Waals surface area (Å²) >= 11 is 0. The van der Waals surface area contributed by atoms with Crippen LogP contribution in [0.4, 0.5) is 0 Å². The van der Waals surface area contributed by atoms with Crippen LogP contribution < -0.4 is 11.1 Å². The molecule has 160 valence electrons. The van der Waals surface area contributed by atoms with Gasteiger partial charge in [0.2, 0.25) is 0 Å². The molecule has 3 rings (SSSR count). The number of nitrogens with one attached hydrogen (secondary N) is 2. The highest BCUT2D eigenvalue weighted by Gasteiger charge is 2.17. The lowest BCUT2D eigenvalue weighted by Crippen LogP contribution is -2.11. The van der Waals surface area contributed by atoms with Crippen LogP contribution in [0.3, 0.4) is 0 Å². The van der Waals surface area contributed by atoms with Crippen molar-refractivity contribution in [3.8, 4) is 0 Å². The number of aromatic nitrogens is 3. The summed E-state index contributed by atoms with van der Waals surface area (Å²) in [7, 11) is 1.71. The molecule has 2 aromatic heterocycles. The van der Waals surface area contributed by atoms with Crippen molar-refractivity contribution in [3.05, 3.63) is 83.9 Å². The number of hydrogen-bond acceptors (Lipinski definition) is 6. The second kappa shape index (κ2) is 10.2.